The Balaban J connectivity index is 1.50. The molecule has 1 fully saturated rings. The van der Waals surface area contributed by atoms with Crippen molar-refractivity contribution in [2.75, 3.05) is 26.7 Å². The molecule has 0 amide bonds. The fourth-order valence-electron chi connectivity index (χ4n) is 4.21. The lowest BCUT2D eigenvalue weighted by molar-refractivity contribution is 0.0260. The monoisotopic (exact) mass is 312 g/mol. The van der Waals surface area contributed by atoms with E-state index in [-0.39, 0.29) is 0 Å². The van der Waals surface area contributed by atoms with Crippen LogP contribution >= 0.6 is 11.3 Å². The second-order valence-electron chi connectivity index (χ2n) is 6.78. The smallest absolute Gasteiger partial charge is 0.0493 e. The van der Waals surface area contributed by atoms with Gasteiger partial charge in [0.1, 0.15) is 0 Å². The highest BCUT2D eigenvalue weighted by Crippen LogP contribution is 2.44. The second-order valence-corrected chi connectivity index (χ2v) is 7.52. The first-order valence-corrected chi connectivity index (χ1v) is 9.25. The van der Waals surface area contributed by atoms with E-state index < -0.39 is 0 Å². The number of rotatable bonds is 2. The van der Waals surface area contributed by atoms with Crippen molar-refractivity contribution in [3.63, 3.8) is 0 Å². The van der Waals surface area contributed by atoms with Gasteiger partial charge in [-0.2, -0.15) is 11.3 Å². The third-order valence-electron chi connectivity index (χ3n) is 5.62. The molecule has 2 aliphatic heterocycles. The van der Waals surface area contributed by atoms with E-state index in [0.717, 1.165) is 6.54 Å². The molecular weight excluding hydrogens is 288 g/mol. The maximum absolute atomic E-state index is 2.63. The highest BCUT2D eigenvalue weighted by molar-refractivity contribution is 7.08. The molecule has 2 aromatic rings. The molecule has 116 valence electrons. The SMILES string of the molecule is CN1CCc2cscc2C12CCN(Cc1ccccc1)CC2. The number of benzene rings is 1. The fourth-order valence-corrected chi connectivity index (χ4v) is 5.19. The molecule has 0 N–H and O–H groups in total. The minimum absolute atomic E-state index is 0.306. The maximum atomic E-state index is 2.63. The van der Waals surface area contributed by atoms with E-state index in [1.54, 1.807) is 11.1 Å². The minimum atomic E-state index is 0.306. The van der Waals surface area contributed by atoms with Crippen LogP contribution in [0.15, 0.2) is 41.1 Å². The molecule has 0 atom stereocenters. The number of piperidine rings is 1. The number of nitrogens with zero attached hydrogens (tertiary/aromatic N) is 2. The number of fused-ring (bicyclic) bond motifs is 2. The van der Waals surface area contributed by atoms with Gasteiger partial charge in [-0.15, -0.1) is 0 Å². The van der Waals surface area contributed by atoms with E-state index in [4.69, 9.17) is 0 Å². The molecule has 1 spiro atoms. The van der Waals surface area contributed by atoms with Gasteiger partial charge >= 0.3 is 0 Å². The van der Waals surface area contributed by atoms with Crippen LogP contribution < -0.4 is 0 Å². The van der Waals surface area contributed by atoms with E-state index in [1.165, 1.54) is 44.5 Å². The van der Waals surface area contributed by atoms with Gasteiger partial charge in [-0.05, 0) is 53.8 Å². The van der Waals surface area contributed by atoms with Crippen LogP contribution in [0.3, 0.4) is 0 Å². The summed E-state index contributed by atoms with van der Waals surface area (Å²) in [4.78, 5) is 5.25. The quantitative estimate of drug-likeness (QED) is 0.834. The standard InChI is InChI=1S/C19H24N2S/c1-20-10-7-17-14-22-15-18(17)19(20)8-11-21(12-9-19)13-16-5-3-2-4-6-16/h2-6,14-15H,7-13H2,1H3. The molecule has 22 heavy (non-hydrogen) atoms. The largest absolute Gasteiger partial charge is 0.299 e. The van der Waals surface area contributed by atoms with Crippen LogP contribution in [-0.4, -0.2) is 36.5 Å². The van der Waals surface area contributed by atoms with Gasteiger partial charge in [-0.3, -0.25) is 9.80 Å². The minimum Gasteiger partial charge on any atom is -0.299 e. The Morgan fingerprint density at radius 1 is 1.05 bits per heavy atom. The van der Waals surface area contributed by atoms with Crippen LogP contribution in [0.25, 0.3) is 0 Å². The summed E-state index contributed by atoms with van der Waals surface area (Å²) in [6, 6.07) is 10.9. The summed E-state index contributed by atoms with van der Waals surface area (Å²) in [6.07, 6.45) is 3.75. The van der Waals surface area contributed by atoms with E-state index in [2.05, 4.69) is 57.9 Å². The molecule has 0 aliphatic carbocycles. The van der Waals surface area contributed by atoms with Gasteiger partial charge in [0.05, 0.1) is 0 Å². The number of hydrogen-bond acceptors (Lipinski definition) is 3. The van der Waals surface area contributed by atoms with Crippen molar-refractivity contribution in [1.29, 1.82) is 0 Å². The third-order valence-corrected chi connectivity index (χ3v) is 6.42. The van der Waals surface area contributed by atoms with Crippen molar-refractivity contribution in [2.45, 2.75) is 31.3 Å². The molecule has 0 bridgehead atoms. The predicted octanol–water partition coefficient (Wildman–Crippen LogP) is 3.73. The molecule has 2 aliphatic rings. The average molecular weight is 312 g/mol. The molecule has 1 aromatic carbocycles. The summed E-state index contributed by atoms with van der Waals surface area (Å²) in [5.74, 6) is 0. The molecule has 3 heteroatoms. The molecule has 1 aromatic heterocycles. The zero-order chi connectivity index (χ0) is 15.0. The number of likely N-dealkylation sites (tertiary alicyclic amines) is 1. The lowest BCUT2D eigenvalue weighted by atomic mass is 9.76. The van der Waals surface area contributed by atoms with Gasteiger partial charge in [-0.1, -0.05) is 30.3 Å². The van der Waals surface area contributed by atoms with Crippen molar-refractivity contribution >= 4 is 11.3 Å². The van der Waals surface area contributed by atoms with Gasteiger partial charge < -0.3 is 0 Å². The summed E-state index contributed by atoms with van der Waals surface area (Å²) < 4.78 is 0. The van der Waals surface area contributed by atoms with E-state index >= 15 is 0 Å². The van der Waals surface area contributed by atoms with Crippen molar-refractivity contribution in [2.24, 2.45) is 0 Å². The topological polar surface area (TPSA) is 6.48 Å². The number of likely N-dealkylation sites (N-methyl/N-ethyl adjacent to an activating group) is 1. The van der Waals surface area contributed by atoms with Gasteiger partial charge in [0.2, 0.25) is 0 Å². The van der Waals surface area contributed by atoms with Gasteiger partial charge in [-0.25, -0.2) is 0 Å². The number of hydrogen-bond donors (Lipinski definition) is 0. The van der Waals surface area contributed by atoms with Crippen LogP contribution in [-0.2, 0) is 18.5 Å². The highest BCUT2D eigenvalue weighted by Gasteiger charge is 2.43. The van der Waals surface area contributed by atoms with Crippen LogP contribution in [0.1, 0.15) is 29.5 Å². The Morgan fingerprint density at radius 2 is 1.82 bits per heavy atom. The third kappa shape index (κ3) is 2.41. The fraction of sp³-hybridized carbons (Fsp3) is 0.474. The molecule has 0 unspecified atom stereocenters. The van der Waals surface area contributed by atoms with Crippen LogP contribution in [0, 0.1) is 0 Å². The van der Waals surface area contributed by atoms with Crippen molar-refractivity contribution in [3.05, 3.63) is 57.8 Å². The average Bonchev–Trinajstić information content (AvgIpc) is 3.04. The van der Waals surface area contributed by atoms with Gasteiger partial charge in [0.25, 0.3) is 0 Å². The van der Waals surface area contributed by atoms with E-state index in [1.807, 2.05) is 11.3 Å². The summed E-state index contributed by atoms with van der Waals surface area (Å²) in [7, 11) is 2.33. The Hall–Kier alpha value is -1.16. The van der Waals surface area contributed by atoms with Crippen molar-refractivity contribution in [3.8, 4) is 0 Å². The molecule has 3 heterocycles. The van der Waals surface area contributed by atoms with Crippen LogP contribution in [0.2, 0.25) is 0 Å². The van der Waals surface area contributed by atoms with E-state index in [0.29, 0.717) is 5.54 Å². The summed E-state index contributed by atoms with van der Waals surface area (Å²) in [6.45, 7) is 4.71. The number of thiophene rings is 1. The molecule has 2 nitrogen and oxygen atoms in total. The molecule has 4 rings (SSSR count). The Morgan fingerprint density at radius 3 is 2.59 bits per heavy atom. The Kier molecular flexibility index (Phi) is 3.81. The maximum Gasteiger partial charge on any atom is 0.0493 e. The van der Waals surface area contributed by atoms with Crippen LogP contribution in [0.5, 0.6) is 0 Å². The first kappa shape index (κ1) is 14.4. The molecular formula is C19H24N2S. The predicted molar refractivity (Wildman–Crippen MR) is 93.3 cm³/mol. The molecule has 1 saturated heterocycles. The van der Waals surface area contributed by atoms with Crippen molar-refractivity contribution < 1.29 is 0 Å². The van der Waals surface area contributed by atoms with E-state index in [9.17, 15) is 0 Å². The van der Waals surface area contributed by atoms with Gasteiger partial charge in [0.15, 0.2) is 0 Å². The highest BCUT2D eigenvalue weighted by atomic mass is 32.1. The second kappa shape index (κ2) is 5.80. The first-order valence-electron chi connectivity index (χ1n) is 8.31. The normalized spacial score (nSPS) is 21.9. The summed E-state index contributed by atoms with van der Waals surface area (Å²) in [5.41, 5.74) is 4.98. The zero-order valence-corrected chi connectivity index (χ0v) is 14.1. The summed E-state index contributed by atoms with van der Waals surface area (Å²) in [5, 5.41) is 4.79. The lowest BCUT2D eigenvalue weighted by Gasteiger charge is -2.50. The lowest BCUT2D eigenvalue weighted by Crippen LogP contribution is -2.54. The summed E-state index contributed by atoms with van der Waals surface area (Å²) >= 11 is 1.89. The van der Waals surface area contributed by atoms with Crippen molar-refractivity contribution in [1.82, 2.24) is 9.80 Å². The molecule has 0 saturated carbocycles. The van der Waals surface area contributed by atoms with Crippen LogP contribution in [0.4, 0.5) is 0 Å². The molecule has 0 radical (unpaired) electrons. The first-order chi connectivity index (χ1) is 10.8. The Bertz CT molecular complexity index is 626. The van der Waals surface area contributed by atoms with Gasteiger partial charge in [0, 0.05) is 31.7 Å². The Labute approximate surface area is 137 Å². The zero-order valence-electron chi connectivity index (χ0n) is 13.3.